The number of benzene rings is 1. The largest absolute Gasteiger partial charge is 0.369 e. The average molecular weight is 332 g/mol. The second kappa shape index (κ2) is 8.83. The summed E-state index contributed by atoms with van der Waals surface area (Å²) in [6, 6.07) is 5.63. The molecule has 1 aliphatic carbocycles. The zero-order valence-electron chi connectivity index (χ0n) is 14.9. The fraction of sp³-hybridized carbons (Fsp3) is 0.579. The molecule has 1 aromatic carbocycles. The number of rotatable bonds is 6. The highest BCUT2D eigenvalue weighted by atomic mass is 16.5. The number of hydrogen-bond donors (Lipinski definition) is 2. The summed E-state index contributed by atoms with van der Waals surface area (Å²) in [4.78, 5) is 24.5. The number of carbonyl (C=O) groups is 2. The fourth-order valence-corrected chi connectivity index (χ4v) is 2.90. The van der Waals surface area contributed by atoms with Crippen molar-refractivity contribution in [3.8, 4) is 0 Å². The molecule has 1 saturated carbocycles. The van der Waals surface area contributed by atoms with E-state index in [4.69, 9.17) is 4.74 Å². The van der Waals surface area contributed by atoms with Crippen molar-refractivity contribution in [1.29, 1.82) is 0 Å². The lowest BCUT2D eigenvalue weighted by Crippen LogP contribution is -2.26. The van der Waals surface area contributed by atoms with E-state index < -0.39 is 0 Å². The molecule has 5 heteroatoms. The molecule has 1 aromatic rings. The summed E-state index contributed by atoms with van der Waals surface area (Å²) in [7, 11) is 0. The lowest BCUT2D eigenvalue weighted by atomic mass is 9.88. The minimum Gasteiger partial charge on any atom is -0.369 e. The second-order valence-corrected chi connectivity index (χ2v) is 6.78. The van der Waals surface area contributed by atoms with E-state index in [9.17, 15) is 9.59 Å². The second-order valence-electron chi connectivity index (χ2n) is 6.78. The summed E-state index contributed by atoms with van der Waals surface area (Å²) >= 11 is 0. The van der Waals surface area contributed by atoms with E-state index in [-0.39, 0.29) is 30.4 Å². The van der Waals surface area contributed by atoms with Gasteiger partial charge in [-0.2, -0.15) is 0 Å². The van der Waals surface area contributed by atoms with Crippen LogP contribution in [0.1, 0.15) is 51.5 Å². The number of amides is 2. The minimum absolute atomic E-state index is 0.00117. The summed E-state index contributed by atoms with van der Waals surface area (Å²) < 4.78 is 5.32. The Kier molecular flexibility index (Phi) is 6.79. The van der Waals surface area contributed by atoms with Crippen molar-refractivity contribution in [3.63, 3.8) is 0 Å². The maximum atomic E-state index is 12.5. The third-order valence-corrected chi connectivity index (χ3v) is 4.23. The van der Waals surface area contributed by atoms with Crippen LogP contribution in [0.4, 0.5) is 11.4 Å². The van der Waals surface area contributed by atoms with Crippen LogP contribution in [0.25, 0.3) is 0 Å². The maximum absolute atomic E-state index is 12.5. The maximum Gasteiger partial charge on any atom is 0.250 e. The zero-order valence-corrected chi connectivity index (χ0v) is 14.9. The average Bonchev–Trinajstić information content (AvgIpc) is 2.56. The molecule has 1 fully saturated rings. The van der Waals surface area contributed by atoms with Crippen molar-refractivity contribution in [3.05, 3.63) is 23.8 Å². The van der Waals surface area contributed by atoms with Gasteiger partial charge in [0.2, 0.25) is 11.8 Å². The van der Waals surface area contributed by atoms with E-state index in [1.54, 1.807) is 0 Å². The molecule has 132 valence electrons. The summed E-state index contributed by atoms with van der Waals surface area (Å²) in [5.74, 6) is -0.0946. The van der Waals surface area contributed by atoms with Crippen LogP contribution in [0.15, 0.2) is 18.2 Å². The molecular weight excluding hydrogens is 304 g/mol. The zero-order chi connectivity index (χ0) is 17.5. The Labute approximate surface area is 144 Å². The van der Waals surface area contributed by atoms with E-state index in [0.29, 0.717) is 11.4 Å². The molecular formula is C19H28N2O3. The molecule has 24 heavy (non-hydrogen) atoms. The summed E-state index contributed by atoms with van der Waals surface area (Å²) in [6.45, 7) is 5.72. The quantitative estimate of drug-likeness (QED) is 0.831. The Balaban J connectivity index is 2.03. The molecule has 0 saturated heterocycles. The first-order chi connectivity index (χ1) is 11.5. The summed E-state index contributed by atoms with van der Waals surface area (Å²) in [6.07, 6.45) is 5.33. The van der Waals surface area contributed by atoms with E-state index >= 15 is 0 Å². The first kappa shape index (κ1) is 18.5. The molecule has 0 bridgehead atoms. The van der Waals surface area contributed by atoms with Crippen molar-refractivity contribution >= 4 is 23.2 Å². The predicted octanol–water partition coefficient (Wildman–Crippen LogP) is 3.88. The third kappa shape index (κ3) is 5.64. The van der Waals surface area contributed by atoms with Gasteiger partial charge in [-0.25, -0.2) is 0 Å². The standard InChI is InChI=1S/C19H28N2O3/c1-13(2)24-12-18(22)20-17-11-14(3)9-10-16(17)21-19(23)15-7-5-4-6-8-15/h9-11,13,15H,4-8,12H2,1-3H3,(H,20,22)(H,21,23). The van der Waals surface area contributed by atoms with Crippen LogP contribution in [-0.2, 0) is 14.3 Å². The van der Waals surface area contributed by atoms with Crippen LogP contribution >= 0.6 is 0 Å². The van der Waals surface area contributed by atoms with Gasteiger partial charge < -0.3 is 15.4 Å². The number of aryl methyl sites for hydroxylation is 1. The molecule has 1 aliphatic rings. The molecule has 0 spiro atoms. The minimum atomic E-state index is -0.220. The molecule has 2 rings (SSSR count). The van der Waals surface area contributed by atoms with Crippen LogP contribution in [0.3, 0.4) is 0 Å². The highest BCUT2D eigenvalue weighted by molar-refractivity contribution is 6.00. The van der Waals surface area contributed by atoms with Gasteiger partial charge in [0.1, 0.15) is 6.61 Å². The van der Waals surface area contributed by atoms with Gasteiger partial charge in [-0.1, -0.05) is 25.3 Å². The fourth-order valence-electron chi connectivity index (χ4n) is 2.90. The van der Waals surface area contributed by atoms with Crippen molar-refractivity contribution in [2.75, 3.05) is 17.2 Å². The predicted molar refractivity (Wildman–Crippen MR) is 96.1 cm³/mol. The Morgan fingerprint density at radius 3 is 2.50 bits per heavy atom. The van der Waals surface area contributed by atoms with Gasteiger partial charge in [0.05, 0.1) is 17.5 Å². The lowest BCUT2D eigenvalue weighted by molar-refractivity contribution is -0.122. The topological polar surface area (TPSA) is 67.4 Å². The first-order valence-corrected chi connectivity index (χ1v) is 8.78. The highest BCUT2D eigenvalue weighted by Gasteiger charge is 2.22. The van der Waals surface area contributed by atoms with Crippen molar-refractivity contribution in [2.24, 2.45) is 5.92 Å². The Morgan fingerprint density at radius 1 is 1.12 bits per heavy atom. The van der Waals surface area contributed by atoms with Crippen molar-refractivity contribution < 1.29 is 14.3 Å². The summed E-state index contributed by atoms with van der Waals surface area (Å²) in [5.41, 5.74) is 2.29. The van der Waals surface area contributed by atoms with Crippen LogP contribution in [0.2, 0.25) is 0 Å². The number of hydrogen-bond acceptors (Lipinski definition) is 3. The van der Waals surface area contributed by atoms with E-state index in [2.05, 4.69) is 10.6 Å². The lowest BCUT2D eigenvalue weighted by Gasteiger charge is -2.22. The Hall–Kier alpha value is -1.88. The van der Waals surface area contributed by atoms with Crippen LogP contribution < -0.4 is 10.6 Å². The van der Waals surface area contributed by atoms with Gasteiger partial charge in [0.15, 0.2) is 0 Å². The van der Waals surface area contributed by atoms with E-state index in [0.717, 1.165) is 31.2 Å². The van der Waals surface area contributed by atoms with Gasteiger partial charge in [-0.3, -0.25) is 9.59 Å². The van der Waals surface area contributed by atoms with Crippen LogP contribution in [-0.4, -0.2) is 24.5 Å². The normalized spacial score (nSPS) is 15.3. The molecule has 0 aliphatic heterocycles. The van der Waals surface area contributed by atoms with E-state index in [1.807, 2.05) is 39.0 Å². The number of ether oxygens (including phenoxy) is 1. The molecule has 2 N–H and O–H groups in total. The van der Waals surface area contributed by atoms with E-state index in [1.165, 1.54) is 6.42 Å². The van der Waals surface area contributed by atoms with Crippen molar-refractivity contribution in [2.45, 2.75) is 59.0 Å². The molecule has 0 atom stereocenters. The van der Waals surface area contributed by atoms with Crippen molar-refractivity contribution in [1.82, 2.24) is 0 Å². The van der Waals surface area contributed by atoms with Crippen LogP contribution in [0, 0.1) is 12.8 Å². The molecule has 2 amide bonds. The highest BCUT2D eigenvalue weighted by Crippen LogP contribution is 2.28. The Morgan fingerprint density at radius 2 is 1.83 bits per heavy atom. The Bertz CT molecular complexity index is 578. The monoisotopic (exact) mass is 332 g/mol. The van der Waals surface area contributed by atoms with Gasteiger partial charge in [0.25, 0.3) is 0 Å². The van der Waals surface area contributed by atoms with Gasteiger partial charge >= 0.3 is 0 Å². The molecule has 5 nitrogen and oxygen atoms in total. The first-order valence-electron chi connectivity index (χ1n) is 8.78. The van der Waals surface area contributed by atoms with Crippen LogP contribution in [0.5, 0.6) is 0 Å². The summed E-state index contributed by atoms with van der Waals surface area (Å²) in [5, 5.41) is 5.82. The molecule has 0 unspecified atom stereocenters. The number of anilines is 2. The number of carbonyl (C=O) groups excluding carboxylic acids is 2. The van der Waals surface area contributed by atoms with Gasteiger partial charge in [0, 0.05) is 5.92 Å². The molecule has 0 heterocycles. The molecule has 0 aromatic heterocycles. The smallest absolute Gasteiger partial charge is 0.250 e. The third-order valence-electron chi connectivity index (χ3n) is 4.23. The van der Waals surface area contributed by atoms with Gasteiger partial charge in [-0.05, 0) is 51.3 Å². The van der Waals surface area contributed by atoms with Gasteiger partial charge in [-0.15, -0.1) is 0 Å². The molecule has 0 radical (unpaired) electrons. The number of nitrogens with one attached hydrogen (secondary N) is 2. The SMILES string of the molecule is Cc1ccc(NC(=O)C2CCCCC2)c(NC(=O)COC(C)C)c1.